The summed E-state index contributed by atoms with van der Waals surface area (Å²) in [6.45, 7) is -0.107. The molecule has 31 heavy (non-hydrogen) atoms. The second kappa shape index (κ2) is 11.4. The van der Waals surface area contributed by atoms with E-state index in [2.05, 4.69) is 10.6 Å². The van der Waals surface area contributed by atoms with Crippen LogP contribution in [0.15, 0.2) is 94.4 Å². The van der Waals surface area contributed by atoms with Crippen molar-refractivity contribution in [3.8, 4) is 0 Å². The molecular weight excluding hydrogens is 432 g/mol. The van der Waals surface area contributed by atoms with E-state index >= 15 is 0 Å². The number of hydrogen-bond donors (Lipinski definition) is 3. The highest BCUT2D eigenvalue weighted by Crippen LogP contribution is 2.33. The van der Waals surface area contributed by atoms with Crippen molar-refractivity contribution in [1.29, 1.82) is 0 Å². The summed E-state index contributed by atoms with van der Waals surface area (Å²) in [7, 11) is 0. The summed E-state index contributed by atoms with van der Waals surface area (Å²) >= 11 is 7.75. The van der Waals surface area contributed by atoms with Gasteiger partial charge in [-0.3, -0.25) is 9.59 Å². The minimum absolute atomic E-state index is 0.0881. The van der Waals surface area contributed by atoms with Gasteiger partial charge in [-0.25, -0.2) is 0 Å². The van der Waals surface area contributed by atoms with Gasteiger partial charge in [-0.2, -0.15) is 0 Å². The SMILES string of the molecule is O=C(NCCO)C(=Cc1ccc(Sc2ccccc2Cl)cc1)NC(=O)c1ccccc1. The van der Waals surface area contributed by atoms with Crippen LogP contribution in [0.3, 0.4) is 0 Å². The van der Waals surface area contributed by atoms with Gasteiger partial charge in [0.25, 0.3) is 11.8 Å². The summed E-state index contributed by atoms with van der Waals surface area (Å²) in [6, 6.07) is 23.8. The molecule has 158 valence electrons. The number of halogens is 1. The van der Waals surface area contributed by atoms with Gasteiger partial charge in [0, 0.05) is 21.9 Å². The van der Waals surface area contributed by atoms with Gasteiger partial charge in [-0.05, 0) is 48.0 Å². The topological polar surface area (TPSA) is 78.4 Å². The largest absolute Gasteiger partial charge is 0.395 e. The molecule has 0 aliphatic carbocycles. The molecule has 0 bridgehead atoms. The fourth-order valence-electron chi connectivity index (χ4n) is 2.66. The molecule has 0 spiro atoms. The van der Waals surface area contributed by atoms with E-state index in [0.717, 1.165) is 15.4 Å². The highest BCUT2D eigenvalue weighted by atomic mass is 35.5. The second-order valence-corrected chi connectivity index (χ2v) is 7.98. The van der Waals surface area contributed by atoms with Crippen molar-refractivity contribution in [3.05, 3.63) is 101 Å². The summed E-state index contributed by atoms with van der Waals surface area (Å²) in [5.41, 5.74) is 1.27. The third kappa shape index (κ3) is 6.72. The van der Waals surface area contributed by atoms with Crippen molar-refractivity contribution in [1.82, 2.24) is 10.6 Å². The molecule has 0 radical (unpaired) electrons. The quantitative estimate of drug-likeness (QED) is 0.443. The van der Waals surface area contributed by atoms with Crippen LogP contribution in [0.5, 0.6) is 0 Å². The third-order valence-electron chi connectivity index (χ3n) is 4.18. The first-order valence-corrected chi connectivity index (χ1v) is 10.8. The lowest BCUT2D eigenvalue weighted by Gasteiger charge is -2.11. The lowest BCUT2D eigenvalue weighted by atomic mass is 10.1. The van der Waals surface area contributed by atoms with Crippen LogP contribution in [0.1, 0.15) is 15.9 Å². The second-order valence-electron chi connectivity index (χ2n) is 6.46. The summed E-state index contributed by atoms with van der Waals surface area (Å²) in [5, 5.41) is 14.9. The molecule has 0 fully saturated rings. The van der Waals surface area contributed by atoms with E-state index in [1.807, 2.05) is 54.6 Å². The molecule has 5 nitrogen and oxygen atoms in total. The molecule has 0 aromatic heterocycles. The fraction of sp³-hybridized carbons (Fsp3) is 0.0833. The first-order chi connectivity index (χ1) is 15.1. The molecule has 3 aromatic rings. The summed E-state index contributed by atoms with van der Waals surface area (Å²) < 4.78 is 0. The Balaban J connectivity index is 1.79. The van der Waals surface area contributed by atoms with Crippen LogP contribution in [0.25, 0.3) is 6.08 Å². The normalized spacial score (nSPS) is 11.1. The number of carbonyl (C=O) groups is 2. The van der Waals surface area contributed by atoms with E-state index in [9.17, 15) is 9.59 Å². The van der Waals surface area contributed by atoms with Crippen molar-refractivity contribution in [2.45, 2.75) is 9.79 Å². The zero-order chi connectivity index (χ0) is 22.1. The Morgan fingerprint density at radius 1 is 0.935 bits per heavy atom. The highest BCUT2D eigenvalue weighted by Gasteiger charge is 2.14. The van der Waals surface area contributed by atoms with Crippen molar-refractivity contribution >= 4 is 41.3 Å². The van der Waals surface area contributed by atoms with Crippen molar-refractivity contribution in [2.75, 3.05) is 13.2 Å². The van der Waals surface area contributed by atoms with Crippen LogP contribution in [-0.2, 0) is 4.79 Å². The van der Waals surface area contributed by atoms with Gasteiger partial charge < -0.3 is 15.7 Å². The zero-order valence-electron chi connectivity index (χ0n) is 16.5. The summed E-state index contributed by atoms with van der Waals surface area (Å²) in [5.74, 6) is -0.871. The van der Waals surface area contributed by atoms with Gasteiger partial charge in [-0.15, -0.1) is 0 Å². The van der Waals surface area contributed by atoms with Crippen molar-refractivity contribution < 1.29 is 14.7 Å². The van der Waals surface area contributed by atoms with Crippen LogP contribution in [0.4, 0.5) is 0 Å². The fourth-order valence-corrected chi connectivity index (χ4v) is 3.75. The Morgan fingerprint density at radius 2 is 1.61 bits per heavy atom. The average molecular weight is 453 g/mol. The van der Waals surface area contributed by atoms with E-state index in [1.165, 1.54) is 11.8 Å². The van der Waals surface area contributed by atoms with Gasteiger partial charge in [0.2, 0.25) is 0 Å². The van der Waals surface area contributed by atoms with Crippen LogP contribution < -0.4 is 10.6 Å². The minimum Gasteiger partial charge on any atom is -0.395 e. The van der Waals surface area contributed by atoms with Gasteiger partial charge >= 0.3 is 0 Å². The van der Waals surface area contributed by atoms with E-state index in [-0.39, 0.29) is 18.8 Å². The molecule has 0 heterocycles. The van der Waals surface area contributed by atoms with Gasteiger partial charge in [0.1, 0.15) is 5.70 Å². The standard InChI is InChI=1S/C24H21ClN2O3S/c25-20-8-4-5-9-22(20)31-19-12-10-17(11-13-19)16-21(24(30)26-14-15-28)27-23(29)18-6-2-1-3-7-18/h1-13,16,28H,14-15H2,(H,26,30)(H,27,29). The Kier molecular flexibility index (Phi) is 8.29. The molecule has 0 atom stereocenters. The Bertz CT molecular complexity index is 1070. The zero-order valence-corrected chi connectivity index (χ0v) is 18.1. The minimum atomic E-state index is -0.479. The van der Waals surface area contributed by atoms with Crippen LogP contribution in [0, 0.1) is 0 Å². The molecule has 2 amide bonds. The molecule has 7 heteroatoms. The van der Waals surface area contributed by atoms with Gasteiger partial charge in [0.05, 0.1) is 11.6 Å². The average Bonchev–Trinajstić information content (AvgIpc) is 2.80. The molecule has 0 saturated carbocycles. The van der Waals surface area contributed by atoms with Gasteiger partial charge in [-0.1, -0.05) is 65.8 Å². The first kappa shape index (κ1) is 22.6. The van der Waals surface area contributed by atoms with E-state index in [4.69, 9.17) is 16.7 Å². The Hall–Kier alpha value is -3.06. The Labute approximate surface area is 190 Å². The summed E-state index contributed by atoms with van der Waals surface area (Å²) in [4.78, 5) is 27.0. The highest BCUT2D eigenvalue weighted by molar-refractivity contribution is 7.99. The molecular formula is C24H21ClN2O3S. The first-order valence-electron chi connectivity index (χ1n) is 9.56. The maximum absolute atomic E-state index is 12.5. The number of carbonyl (C=O) groups excluding carboxylic acids is 2. The molecule has 0 aliphatic rings. The lowest BCUT2D eigenvalue weighted by Crippen LogP contribution is -2.36. The van der Waals surface area contributed by atoms with Crippen LogP contribution >= 0.6 is 23.4 Å². The molecule has 3 rings (SSSR count). The van der Waals surface area contributed by atoms with Crippen molar-refractivity contribution in [3.63, 3.8) is 0 Å². The smallest absolute Gasteiger partial charge is 0.267 e. The maximum Gasteiger partial charge on any atom is 0.267 e. The third-order valence-corrected chi connectivity index (χ3v) is 5.71. The maximum atomic E-state index is 12.5. The van der Waals surface area contributed by atoms with Crippen LogP contribution in [-0.4, -0.2) is 30.1 Å². The Morgan fingerprint density at radius 3 is 2.29 bits per heavy atom. The molecule has 3 aromatic carbocycles. The molecule has 3 N–H and O–H groups in total. The number of aliphatic hydroxyl groups is 1. The van der Waals surface area contributed by atoms with E-state index < -0.39 is 11.8 Å². The number of hydrogen-bond acceptors (Lipinski definition) is 4. The lowest BCUT2D eigenvalue weighted by molar-refractivity contribution is -0.117. The molecule has 0 saturated heterocycles. The summed E-state index contributed by atoms with van der Waals surface area (Å²) in [6.07, 6.45) is 1.59. The monoisotopic (exact) mass is 452 g/mol. The van der Waals surface area contributed by atoms with E-state index in [1.54, 1.807) is 30.3 Å². The number of aliphatic hydroxyl groups excluding tert-OH is 1. The number of rotatable bonds is 8. The van der Waals surface area contributed by atoms with Gasteiger partial charge in [0.15, 0.2) is 0 Å². The number of benzene rings is 3. The number of nitrogens with one attached hydrogen (secondary N) is 2. The number of amides is 2. The van der Waals surface area contributed by atoms with Crippen LogP contribution in [0.2, 0.25) is 5.02 Å². The predicted octanol–water partition coefficient (Wildman–Crippen LogP) is 4.37. The predicted molar refractivity (Wildman–Crippen MR) is 124 cm³/mol. The molecule has 0 unspecified atom stereocenters. The molecule has 0 aliphatic heterocycles. The van der Waals surface area contributed by atoms with Crippen molar-refractivity contribution in [2.24, 2.45) is 0 Å². The van der Waals surface area contributed by atoms with E-state index in [0.29, 0.717) is 10.6 Å².